The van der Waals surface area contributed by atoms with E-state index in [1.165, 1.54) is 30.5 Å². The Morgan fingerprint density at radius 2 is 2.27 bits per heavy atom. The van der Waals surface area contributed by atoms with E-state index in [0.29, 0.717) is 0 Å². The molecule has 1 aromatic carbocycles. The summed E-state index contributed by atoms with van der Waals surface area (Å²) in [5.74, 6) is 0.815. The van der Waals surface area contributed by atoms with Crippen LogP contribution < -0.4 is 5.32 Å². The zero-order valence-corrected chi connectivity index (χ0v) is 9.37. The molecule has 1 atom stereocenters. The van der Waals surface area contributed by atoms with Gasteiger partial charge in [-0.15, -0.1) is 0 Å². The van der Waals surface area contributed by atoms with Gasteiger partial charge in [-0.25, -0.2) is 0 Å². The molecule has 0 bridgehead atoms. The maximum absolute atomic E-state index is 3.52. The van der Waals surface area contributed by atoms with Crippen LogP contribution >= 0.6 is 0 Å². The Labute approximate surface area is 92.2 Å². The molecule has 0 saturated carbocycles. The summed E-state index contributed by atoms with van der Waals surface area (Å²) in [6, 6.07) is 8.59. The van der Waals surface area contributed by atoms with Crippen LogP contribution in [0.4, 0.5) is 5.69 Å². The molecule has 0 amide bonds. The lowest BCUT2D eigenvalue weighted by molar-refractivity contribution is 0.504. The number of anilines is 1. The normalized spacial score (nSPS) is 20.2. The third-order valence-electron chi connectivity index (χ3n) is 2.99. The van der Waals surface area contributed by atoms with E-state index in [1.807, 2.05) is 0 Å². The Morgan fingerprint density at radius 1 is 1.33 bits per heavy atom. The predicted octanol–water partition coefficient (Wildman–Crippen LogP) is 3.76. The predicted molar refractivity (Wildman–Crippen MR) is 66.1 cm³/mol. The van der Waals surface area contributed by atoms with Crippen LogP contribution in [-0.2, 0) is 0 Å². The third-order valence-corrected chi connectivity index (χ3v) is 2.99. The van der Waals surface area contributed by atoms with E-state index in [9.17, 15) is 0 Å². The number of nitrogens with one attached hydrogen (secondary N) is 1. The molecule has 1 aliphatic carbocycles. The van der Waals surface area contributed by atoms with Crippen LogP contribution in [-0.4, -0.2) is 6.54 Å². The first-order chi connectivity index (χ1) is 7.34. The Morgan fingerprint density at radius 3 is 3.00 bits per heavy atom. The zero-order chi connectivity index (χ0) is 10.5. The molecule has 15 heavy (non-hydrogen) atoms. The largest absolute Gasteiger partial charge is 0.385 e. The Bertz CT molecular complexity index is 341. The Hall–Kier alpha value is -1.24. The summed E-state index contributed by atoms with van der Waals surface area (Å²) < 4.78 is 0. The highest BCUT2D eigenvalue weighted by Crippen LogP contribution is 2.19. The van der Waals surface area contributed by atoms with Gasteiger partial charge in [-0.1, -0.05) is 24.3 Å². The topological polar surface area (TPSA) is 12.0 Å². The first-order valence-electron chi connectivity index (χ1n) is 5.80. The second-order valence-corrected chi connectivity index (χ2v) is 4.40. The molecule has 0 radical (unpaired) electrons. The summed E-state index contributed by atoms with van der Waals surface area (Å²) in [5, 5.41) is 3.52. The van der Waals surface area contributed by atoms with Crippen molar-refractivity contribution in [3.8, 4) is 0 Å². The maximum Gasteiger partial charge on any atom is 0.0342 e. The molecule has 80 valence electrons. The van der Waals surface area contributed by atoms with Gasteiger partial charge < -0.3 is 5.32 Å². The molecule has 0 aromatic heterocycles. The van der Waals surface area contributed by atoms with Crippen molar-refractivity contribution >= 4 is 5.69 Å². The van der Waals surface area contributed by atoms with Gasteiger partial charge in [-0.2, -0.15) is 0 Å². The summed E-state index contributed by atoms with van der Waals surface area (Å²) in [5.41, 5.74) is 2.58. The van der Waals surface area contributed by atoms with Crippen LogP contribution in [0, 0.1) is 12.8 Å². The van der Waals surface area contributed by atoms with Crippen LogP contribution in [0.5, 0.6) is 0 Å². The molecule has 1 unspecified atom stereocenters. The molecular formula is C14H19N. The van der Waals surface area contributed by atoms with Crippen molar-refractivity contribution in [2.24, 2.45) is 5.92 Å². The molecule has 1 heteroatoms. The Balaban J connectivity index is 1.84. The maximum atomic E-state index is 3.52. The van der Waals surface area contributed by atoms with E-state index < -0.39 is 0 Å². The molecule has 0 saturated heterocycles. The van der Waals surface area contributed by atoms with Gasteiger partial charge in [0.25, 0.3) is 0 Å². The number of allylic oxidation sites excluding steroid dienone is 2. The summed E-state index contributed by atoms with van der Waals surface area (Å²) in [6.07, 6.45) is 8.42. The molecule has 0 spiro atoms. The Kier molecular flexibility index (Phi) is 3.44. The number of hydrogen-bond donors (Lipinski definition) is 1. The van der Waals surface area contributed by atoms with E-state index in [4.69, 9.17) is 0 Å². The fourth-order valence-corrected chi connectivity index (χ4v) is 2.06. The number of benzene rings is 1. The van der Waals surface area contributed by atoms with Crippen LogP contribution in [0.1, 0.15) is 24.8 Å². The SMILES string of the molecule is Cc1cccc(NCC2CC=CCC2)c1. The number of hydrogen-bond acceptors (Lipinski definition) is 1. The van der Waals surface area contributed by atoms with Gasteiger partial charge in [0, 0.05) is 12.2 Å². The highest BCUT2D eigenvalue weighted by Gasteiger charge is 2.08. The van der Waals surface area contributed by atoms with Crippen molar-refractivity contribution in [1.29, 1.82) is 0 Å². The highest BCUT2D eigenvalue weighted by atomic mass is 14.9. The minimum Gasteiger partial charge on any atom is -0.385 e. The number of aryl methyl sites for hydroxylation is 1. The molecule has 0 heterocycles. The van der Waals surface area contributed by atoms with Gasteiger partial charge in [0.1, 0.15) is 0 Å². The molecule has 2 rings (SSSR count). The second kappa shape index (κ2) is 5.01. The van der Waals surface area contributed by atoms with Crippen molar-refractivity contribution in [2.45, 2.75) is 26.2 Å². The monoisotopic (exact) mass is 201 g/mol. The van der Waals surface area contributed by atoms with Crippen molar-refractivity contribution < 1.29 is 0 Å². The standard InChI is InChI=1S/C14H19N/c1-12-6-5-9-14(10-12)15-11-13-7-3-2-4-8-13/h2-3,5-6,9-10,13,15H,4,7-8,11H2,1H3. The van der Waals surface area contributed by atoms with E-state index in [1.54, 1.807) is 0 Å². The molecular weight excluding hydrogens is 182 g/mol. The van der Waals surface area contributed by atoms with Crippen molar-refractivity contribution in [3.05, 3.63) is 42.0 Å². The van der Waals surface area contributed by atoms with Crippen molar-refractivity contribution in [1.82, 2.24) is 0 Å². The van der Waals surface area contributed by atoms with E-state index in [2.05, 4.69) is 48.7 Å². The lowest BCUT2D eigenvalue weighted by atomic mass is 9.94. The molecule has 1 aromatic rings. The molecule has 1 aliphatic rings. The summed E-state index contributed by atoms with van der Waals surface area (Å²) >= 11 is 0. The average Bonchev–Trinajstić information content (AvgIpc) is 2.28. The fraction of sp³-hybridized carbons (Fsp3) is 0.429. The van der Waals surface area contributed by atoms with Crippen LogP contribution in [0.3, 0.4) is 0 Å². The summed E-state index contributed by atoms with van der Waals surface area (Å²) in [4.78, 5) is 0. The average molecular weight is 201 g/mol. The minimum atomic E-state index is 0.815. The van der Waals surface area contributed by atoms with Crippen LogP contribution in [0.25, 0.3) is 0 Å². The molecule has 1 N–H and O–H groups in total. The van der Waals surface area contributed by atoms with Gasteiger partial charge in [0.2, 0.25) is 0 Å². The summed E-state index contributed by atoms with van der Waals surface area (Å²) in [6.45, 7) is 3.24. The number of rotatable bonds is 3. The van der Waals surface area contributed by atoms with Gasteiger partial charge in [-0.3, -0.25) is 0 Å². The lowest BCUT2D eigenvalue weighted by Gasteiger charge is -2.18. The van der Waals surface area contributed by atoms with Gasteiger partial charge in [0.15, 0.2) is 0 Å². The fourth-order valence-electron chi connectivity index (χ4n) is 2.06. The van der Waals surface area contributed by atoms with Gasteiger partial charge in [-0.05, 0) is 49.8 Å². The second-order valence-electron chi connectivity index (χ2n) is 4.40. The van der Waals surface area contributed by atoms with E-state index in [0.717, 1.165) is 12.5 Å². The first-order valence-corrected chi connectivity index (χ1v) is 5.80. The van der Waals surface area contributed by atoms with Crippen molar-refractivity contribution in [2.75, 3.05) is 11.9 Å². The molecule has 0 aliphatic heterocycles. The van der Waals surface area contributed by atoms with Gasteiger partial charge in [0.05, 0.1) is 0 Å². The van der Waals surface area contributed by atoms with Crippen molar-refractivity contribution in [3.63, 3.8) is 0 Å². The third kappa shape index (κ3) is 3.12. The lowest BCUT2D eigenvalue weighted by Crippen LogP contribution is -2.15. The molecule has 1 nitrogen and oxygen atoms in total. The first kappa shape index (κ1) is 10.3. The van der Waals surface area contributed by atoms with E-state index >= 15 is 0 Å². The van der Waals surface area contributed by atoms with Crippen LogP contribution in [0.2, 0.25) is 0 Å². The smallest absolute Gasteiger partial charge is 0.0342 e. The van der Waals surface area contributed by atoms with Crippen LogP contribution in [0.15, 0.2) is 36.4 Å². The van der Waals surface area contributed by atoms with E-state index in [-0.39, 0.29) is 0 Å². The highest BCUT2D eigenvalue weighted by molar-refractivity contribution is 5.45. The zero-order valence-electron chi connectivity index (χ0n) is 9.37. The summed E-state index contributed by atoms with van der Waals surface area (Å²) in [7, 11) is 0. The van der Waals surface area contributed by atoms with Gasteiger partial charge >= 0.3 is 0 Å². The minimum absolute atomic E-state index is 0.815. The quantitative estimate of drug-likeness (QED) is 0.734. The molecule has 0 fully saturated rings.